The lowest BCUT2D eigenvalue weighted by Gasteiger charge is -2.42. The maximum absolute atomic E-state index is 6.09. The van der Waals surface area contributed by atoms with Crippen LogP contribution >= 0.6 is 0 Å². The summed E-state index contributed by atoms with van der Waals surface area (Å²) in [6, 6.07) is 9.01. The number of benzene rings is 1. The number of piperidine rings is 1. The maximum Gasteiger partial charge on any atom is 0.0599 e. The van der Waals surface area contributed by atoms with Gasteiger partial charge >= 0.3 is 0 Å². The molecule has 0 spiro atoms. The van der Waals surface area contributed by atoms with Crippen LogP contribution in [0.25, 0.3) is 0 Å². The second-order valence-corrected chi connectivity index (χ2v) is 6.12. The van der Waals surface area contributed by atoms with Gasteiger partial charge in [0.25, 0.3) is 0 Å². The number of rotatable bonds is 2. The zero-order chi connectivity index (χ0) is 13.9. The molecule has 3 rings (SSSR count). The van der Waals surface area contributed by atoms with Gasteiger partial charge in [-0.3, -0.25) is 4.90 Å². The second-order valence-electron chi connectivity index (χ2n) is 6.12. The Hall–Kier alpha value is -1.26. The summed E-state index contributed by atoms with van der Waals surface area (Å²) in [4.78, 5) is 7.56. The average Bonchev–Trinajstić information content (AvgIpc) is 2.49. The lowest BCUT2D eigenvalue weighted by molar-refractivity contribution is 0.0982. The van der Waals surface area contributed by atoms with Crippen molar-refractivity contribution in [2.75, 3.05) is 56.9 Å². The minimum Gasteiger partial charge on any atom is -0.397 e. The molecule has 2 saturated heterocycles. The monoisotopic (exact) mass is 274 g/mol. The number of nitrogen functional groups attached to an aromatic ring is 1. The molecule has 0 saturated carbocycles. The summed E-state index contributed by atoms with van der Waals surface area (Å²) in [7, 11) is 2.22. The number of nitrogens with two attached hydrogens (primary N) is 1. The van der Waals surface area contributed by atoms with E-state index >= 15 is 0 Å². The highest BCUT2D eigenvalue weighted by molar-refractivity contribution is 5.67. The summed E-state index contributed by atoms with van der Waals surface area (Å²) >= 11 is 0. The van der Waals surface area contributed by atoms with Crippen molar-refractivity contribution in [2.24, 2.45) is 0 Å². The lowest BCUT2D eigenvalue weighted by Crippen LogP contribution is -2.52. The Balaban J connectivity index is 1.56. The Morgan fingerprint density at radius 3 is 2.25 bits per heavy atom. The smallest absolute Gasteiger partial charge is 0.0599 e. The highest BCUT2D eigenvalue weighted by atomic mass is 15.3. The second kappa shape index (κ2) is 6.02. The topological polar surface area (TPSA) is 35.7 Å². The normalized spacial score (nSPS) is 23.1. The first-order valence-electron chi connectivity index (χ1n) is 7.76. The minimum atomic E-state index is 0.768. The van der Waals surface area contributed by atoms with Gasteiger partial charge in [0.1, 0.15) is 0 Å². The zero-order valence-corrected chi connectivity index (χ0v) is 12.5. The molecule has 2 fully saturated rings. The van der Waals surface area contributed by atoms with Crippen molar-refractivity contribution in [1.82, 2.24) is 9.80 Å². The van der Waals surface area contributed by atoms with Crippen LogP contribution in [0.4, 0.5) is 11.4 Å². The van der Waals surface area contributed by atoms with Gasteiger partial charge in [0, 0.05) is 45.3 Å². The van der Waals surface area contributed by atoms with Gasteiger partial charge in [0.15, 0.2) is 0 Å². The SMILES string of the molecule is CN1CCN(C2CCN(c3ccccc3N)CC2)CC1. The Bertz CT molecular complexity index is 432. The van der Waals surface area contributed by atoms with Gasteiger partial charge in [0.2, 0.25) is 0 Å². The van der Waals surface area contributed by atoms with Crippen molar-refractivity contribution in [3.05, 3.63) is 24.3 Å². The summed E-state index contributed by atoms with van der Waals surface area (Å²) in [6.45, 7) is 7.15. The molecule has 2 N–H and O–H groups in total. The van der Waals surface area contributed by atoms with Crippen molar-refractivity contribution in [2.45, 2.75) is 18.9 Å². The van der Waals surface area contributed by atoms with Crippen LogP contribution in [0, 0.1) is 0 Å². The fourth-order valence-corrected chi connectivity index (χ4v) is 3.43. The van der Waals surface area contributed by atoms with Gasteiger partial charge in [-0.2, -0.15) is 0 Å². The van der Waals surface area contributed by atoms with E-state index in [0.29, 0.717) is 0 Å². The van der Waals surface area contributed by atoms with E-state index in [4.69, 9.17) is 5.73 Å². The van der Waals surface area contributed by atoms with Crippen molar-refractivity contribution in [1.29, 1.82) is 0 Å². The molecule has 0 amide bonds. The Kier molecular flexibility index (Phi) is 4.13. The summed E-state index contributed by atoms with van der Waals surface area (Å²) in [5.41, 5.74) is 8.21. The van der Waals surface area contributed by atoms with E-state index in [1.807, 2.05) is 12.1 Å². The third-order valence-corrected chi connectivity index (χ3v) is 4.80. The number of para-hydroxylation sites is 2. The fraction of sp³-hybridized carbons (Fsp3) is 0.625. The largest absolute Gasteiger partial charge is 0.397 e. The Labute approximate surface area is 122 Å². The highest BCUT2D eigenvalue weighted by Crippen LogP contribution is 2.27. The summed E-state index contributed by atoms with van der Waals surface area (Å²) in [5.74, 6) is 0. The van der Waals surface area contributed by atoms with Crippen LogP contribution in [0.3, 0.4) is 0 Å². The molecular weight excluding hydrogens is 248 g/mol. The van der Waals surface area contributed by atoms with Crippen molar-refractivity contribution in [3.63, 3.8) is 0 Å². The number of nitrogens with zero attached hydrogens (tertiary/aromatic N) is 3. The zero-order valence-electron chi connectivity index (χ0n) is 12.5. The predicted octanol–water partition coefficient (Wildman–Crippen LogP) is 1.48. The lowest BCUT2D eigenvalue weighted by atomic mass is 10.0. The molecule has 0 aromatic heterocycles. The standard InChI is InChI=1S/C16H26N4/c1-18-10-12-19(13-11-18)14-6-8-20(9-7-14)16-5-3-2-4-15(16)17/h2-5,14H,6-13,17H2,1H3. The van der Waals surface area contributed by atoms with Crippen LogP contribution in [-0.2, 0) is 0 Å². The first-order valence-corrected chi connectivity index (χ1v) is 7.76. The van der Waals surface area contributed by atoms with Crippen molar-refractivity contribution in [3.8, 4) is 0 Å². The molecule has 4 nitrogen and oxygen atoms in total. The minimum absolute atomic E-state index is 0.768. The molecule has 110 valence electrons. The molecule has 1 aromatic carbocycles. The summed E-state index contributed by atoms with van der Waals surface area (Å²) in [6.07, 6.45) is 2.52. The van der Waals surface area contributed by atoms with Gasteiger partial charge in [-0.1, -0.05) is 12.1 Å². The summed E-state index contributed by atoms with van der Waals surface area (Å²) in [5, 5.41) is 0. The molecule has 2 heterocycles. The quantitative estimate of drug-likeness (QED) is 0.829. The van der Waals surface area contributed by atoms with E-state index in [0.717, 1.165) is 24.8 Å². The molecule has 20 heavy (non-hydrogen) atoms. The van der Waals surface area contributed by atoms with E-state index < -0.39 is 0 Å². The average molecular weight is 274 g/mol. The van der Waals surface area contributed by atoms with Crippen LogP contribution in [0.15, 0.2) is 24.3 Å². The molecule has 0 unspecified atom stereocenters. The number of hydrogen-bond donors (Lipinski definition) is 1. The molecule has 0 bridgehead atoms. The van der Waals surface area contributed by atoms with Crippen LogP contribution in [0.1, 0.15) is 12.8 Å². The number of piperazine rings is 1. The number of hydrogen-bond acceptors (Lipinski definition) is 4. The van der Waals surface area contributed by atoms with E-state index in [1.165, 1.54) is 44.7 Å². The van der Waals surface area contributed by atoms with Crippen LogP contribution < -0.4 is 10.6 Å². The van der Waals surface area contributed by atoms with E-state index in [2.05, 4.69) is 33.9 Å². The van der Waals surface area contributed by atoms with Crippen molar-refractivity contribution < 1.29 is 0 Å². The predicted molar refractivity (Wildman–Crippen MR) is 85.2 cm³/mol. The number of likely N-dealkylation sites (N-methyl/N-ethyl adjacent to an activating group) is 1. The summed E-state index contributed by atoms with van der Waals surface area (Å²) < 4.78 is 0. The van der Waals surface area contributed by atoms with Crippen molar-refractivity contribution >= 4 is 11.4 Å². The van der Waals surface area contributed by atoms with Crippen LogP contribution in [0.2, 0.25) is 0 Å². The van der Waals surface area contributed by atoms with Gasteiger partial charge in [-0.25, -0.2) is 0 Å². The number of anilines is 2. The third kappa shape index (κ3) is 2.91. The van der Waals surface area contributed by atoms with E-state index in [1.54, 1.807) is 0 Å². The molecule has 2 aliphatic heterocycles. The third-order valence-electron chi connectivity index (χ3n) is 4.80. The molecule has 0 atom stereocenters. The Morgan fingerprint density at radius 2 is 1.60 bits per heavy atom. The van der Waals surface area contributed by atoms with E-state index in [-0.39, 0.29) is 0 Å². The van der Waals surface area contributed by atoms with Gasteiger partial charge in [0.05, 0.1) is 11.4 Å². The fourth-order valence-electron chi connectivity index (χ4n) is 3.43. The van der Waals surface area contributed by atoms with Gasteiger partial charge in [-0.15, -0.1) is 0 Å². The molecule has 0 radical (unpaired) electrons. The highest BCUT2D eigenvalue weighted by Gasteiger charge is 2.27. The molecule has 2 aliphatic rings. The van der Waals surface area contributed by atoms with E-state index in [9.17, 15) is 0 Å². The first kappa shape index (κ1) is 13.7. The van der Waals surface area contributed by atoms with Gasteiger partial charge in [-0.05, 0) is 32.0 Å². The molecule has 4 heteroatoms. The molecule has 0 aliphatic carbocycles. The Morgan fingerprint density at radius 1 is 0.950 bits per heavy atom. The van der Waals surface area contributed by atoms with Crippen LogP contribution in [-0.4, -0.2) is 62.2 Å². The molecule has 1 aromatic rings. The first-order chi connectivity index (χ1) is 9.74. The van der Waals surface area contributed by atoms with Gasteiger partial charge < -0.3 is 15.5 Å². The maximum atomic E-state index is 6.09. The molecular formula is C16H26N4. The van der Waals surface area contributed by atoms with Crippen LogP contribution in [0.5, 0.6) is 0 Å².